The Balaban J connectivity index is 1.94. The van der Waals surface area contributed by atoms with Crippen molar-refractivity contribution in [3.63, 3.8) is 0 Å². The van der Waals surface area contributed by atoms with Crippen molar-refractivity contribution in [2.75, 3.05) is 31.6 Å². The van der Waals surface area contributed by atoms with Crippen molar-refractivity contribution in [2.45, 2.75) is 39.2 Å². The van der Waals surface area contributed by atoms with Gasteiger partial charge in [0.1, 0.15) is 16.8 Å². The van der Waals surface area contributed by atoms with Gasteiger partial charge in [-0.1, -0.05) is 0 Å². The predicted molar refractivity (Wildman–Crippen MR) is 93.0 cm³/mol. The number of pyridine rings is 1. The topological polar surface area (TPSA) is 63.7 Å². The van der Waals surface area contributed by atoms with E-state index < -0.39 is 11.7 Å². The Kier molecular flexibility index (Phi) is 6.24. The van der Waals surface area contributed by atoms with Crippen LogP contribution in [0.2, 0.25) is 0 Å². The predicted octanol–water partition coefficient (Wildman–Crippen LogP) is 3.67. The fourth-order valence-corrected chi connectivity index (χ4v) is 2.67. The summed E-state index contributed by atoms with van der Waals surface area (Å²) in [4.78, 5) is 18.5. The average Bonchev–Trinajstić information content (AvgIpc) is 2.92. The Morgan fingerprint density at radius 3 is 2.74 bits per heavy atom. The number of nitrogens with one attached hydrogen (secondary N) is 1. The molecule has 6 nitrogen and oxygen atoms in total. The van der Waals surface area contributed by atoms with Gasteiger partial charge in [0, 0.05) is 6.54 Å². The van der Waals surface area contributed by atoms with Crippen molar-refractivity contribution in [1.82, 2.24) is 9.88 Å². The molecule has 0 atom stereocenters. The Morgan fingerprint density at radius 2 is 2.09 bits per heavy atom. The van der Waals surface area contributed by atoms with Crippen molar-refractivity contribution in [2.24, 2.45) is 0 Å². The zero-order valence-electron chi connectivity index (χ0n) is 13.9. The van der Waals surface area contributed by atoms with Gasteiger partial charge < -0.3 is 9.47 Å². The van der Waals surface area contributed by atoms with E-state index in [1.807, 2.05) is 20.8 Å². The summed E-state index contributed by atoms with van der Waals surface area (Å²) in [5, 5.41) is 2.72. The molecular formula is C16H24BrN3O3. The summed E-state index contributed by atoms with van der Waals surface area (Å²) >= 11 is 3.30. The normalized spacial score (nSPS) is 15.5. The minimum atomic E-state index is -0.550. The van der Waals surface area contributed by atoms with E-state index in [2.05, 4.69) is 31.1 Å². The number of rotatable bonds is 5. The van der Waals surface area contributed by atoms with Gasteiger partial charge in [-0.05, 0) is 68.7 Å². The smallest absolute Gasteiger partial charge is 0.412 e. The standard InChI is InChI=1S/C16H24BrN3O3/c1-16(2,3)23-15(21)19-12-10-14(17)18-11-13(12)22-9-8-20-6-4-5-7-20/h10-11H,4-9H2,1-3H3,(H,18,19,21). The molecule has 1 aromatic heterocycles. The lowest BCUT2D eigenvalue weighted by Gasteiger charge is -2.21. The van der Waals surface area contributed by atoms with Crippen LogP contribution >= 0.6 is 15.9 Å². The molecule has 0 aliphatic carbocycles. The van der Waals surface area contributed by atoms with Gasteiger partial charge in [-0.15, -0.1) is 0 Å². The molecule has 1 amide bonds. The van der Waals surface area contributed by atoms with Crippen molar-refractivity contribution in [1.29, 1.82) is 0 Å². The number of hydrogen-bond donors (Lipinski definition) is 1. The Morgan fingerprint density at radius 1 is 1.39 bits per heavy atom. The number of nitrogens with zero attached hydrogens (tertiary/aromatic N) is 2. The maximum atomic E-state index is 11.9. The van der Waals surface area contributed by atoms with Gasteiger partial charge in [0.2, 0.25) is 0 Å². The van der Waals surface area contributed by atoms with Gasteiger partial charge in [0.15, 0.2) is 5.75 Å². The first-order valence-corrected chi connectivity index (χ1v) is 8.63. The maximum Gasteiger partial charge on any atom is 0.412 e. The quantitative estimate of drug-likeness (QED) is 0.783. The molecule has 128 valence electrons. The first-order chi connectivity index (χ1) is 10.8. The second kappa shape index (κ2) is 7.97. The third kappa shape index (κ3) is 6.35. The van der Waals surface area contributed by atoms with Gasteiger partial charge in [0.05, 0.1) is 11.9 Å². The summed E-state index contributed by atoms with van der Waals surface area (Å²) < 4.78 is 11.7. The van der Waals surface area contributed by atoms with Crippen molar-refractivity contribution in [3.8, 4) is 5.75 Å². The van der Waals surface area contributed by atoms with E-state index in [1.54, 1.807) is 12.3 Å². The van der Waals surface area contributed by atoms with E-state index >= 15 is 0 Å². The molecule has 1 aliphatic heterocycles. The number of carbonyl (C=O) groups excluding carboxylic acids is 1. The molecule has 1 aliphatic rings. The van der Waals surface area contributed by atoms with Crippen LogP contribution in [0.1, 0.15) is 33.6 Å². The van der Waals surface area contributed by atoms with Gasteiger partial charge in [-0.25, -0.2) is 9.78 Å². The molecule has 2 rings (SSSR count). The monoisotopic (exact) mass is 385 g/mol. The van der Waals surface area contributed by atoms with E-state index in [-0.39, 0.29) is 0 Å². The van der Waals surface area contributed by atoms with Gasteiger partial charge in [-0.2, -0.15) is 0 Å². The number of aromatic nitrogens is 1. The van der Waals surface area contributed by atoms with Crippen LogP contribution < -0.4 is 10.1 Å². The zero-order valence-corrected chi connectivity index (χ0v) is 15.5. The van der Waals surface area contributed by atoms with Crippen LogP contribution in [0.25, 0.3) is 0 Å². The largest absolute Gasteiger partial charge is 0.488 e. The summed E-state index contributed by atoms with van der Waals surface area (Å²) in [5.74, 6) is 0.540. The third-order valence-corrected chi connectivity index (χ3v) is 3.77. The first-order valence-electron chi connectivity index (χ1n) is 7.84. The number of halogens is 1. The van der Waals surface area contributed by atoms with Crippen LogP contribution in [0.3, 0.4) is 0 Å². The van der Waals surface area contributed by atoms with E-state index in [4.69, 9.17) is 9.47 Å². The highest BCUT2D eigenvalue weighted by atomic mass is 79.9. The van der Waals surface area contributed by atoms with Crippen LogP contribution in [0.5, 0.6) is 5.75 Å². The molecule has 23 heavy (non-hydrogen) atoms. The Hall–Kier alpha value is -1.34. The number of amides is 1. The van der Waals surface area contributed by atoms with E-state index in [0.717, 1.165) is 19.6 Å². The molecule has 1 N–H and O–H groups in total. The molecule has 7 heteroatoms. The van der Waals surface area contributed by atoms with Crippen LogP contribution in [0, 0.1) is 0 Å². The molecule has 0 radical (unpaired) electrons. The SMILES string of the molecule is CC(C)(C)OC(=O)Nc1cc(Br)ncc1OCCN1CCCC1. The van der Waals surface area contributed by atoms with Crippen molar-refractivity contribution in [3.05, 3.63) is 16.9 Å². The highest BCUT2D eigenvalue weighted by molar-refractivity contribution is 9.10. The van der Waals surface area contributed by atoms with Gasteiger partial charge in [0.25, 0.3) is 0 Å². The maximum absolute atomic E-state index is 11.9. The van der Waals surface area contributed by atoms with Crippen LogP contribution in [0.4, 0.5) is 10.5 Å². The lowest BCUT2D eigenvalue weighted by Crippen LogP contribution is -2.28. The lowest BCUT2D eigenvalue weighted by atomic mass is 10.2. The summed E-state index contributed by atoms with van der Waals surface area (Å²) in [6.07, 6.45) is 3.59. The highest BCUT2D eigenvalue weighted by Crippen LogP contribution is 2.27. The number of ether oxygens (including phenoxy) is 2. The molecule has 2 heterocycles. The molecular weight excluding hydrogens is 362 g/mol. The molecule has 1 aromatic rings. The Labute approximate surface area is 145 Å². The molecule has 1 fully saturated rings. The van der Waals surface area contributed by atoms with Crippen LogP contribution in [-0.4, -0.2) is 47.8 Å². The Bertz CT molecular complexity index is 540. The number of anilines is 1. The summed E-state index contributed by atoms with van der Waals surface area (Å²) in [5.41, 5.74) is -0.00645. The summed E-state index contributed by atoms with van der Waals surface area (Å²) in [7, 11) is 0. The number of hydrogen-bond acceptors (Lipinski definition) is 5. The third-order valence-electron chi connectivity index (χ3n) is 3.33. The molecule has 0 bridgehead atoms. The molecule has 1 saturated heterocycles. The van der Waals surface area contributed by atoms with E-state index in [1.165, 1.54) is 12.8 Å². The average molecular weight is 386 g/mol. The van der Waals surface area contributed by atoms with Crippen molar-refractivity contribution >= 4 is 27.7 Å². The minimum absolute atomic E-state index is 0.514. The van der Waals surface area contributed by atoms with Crippen LogP contribution in [-0.2, 0) is 4.74 Å². The number of likely N-dealkylation sites (tertiary alicyclic amines) is 1. The van der Waals surface area contributed by atoms with Crippen molar-refractivity contribution < 1.29 is 14.3 Å². The lowest BCUT2D eigenvalue weighted by molar-refractivity contribution is 0.0635. The highest BCUT2D eigenvalue weighted by Gasteiger charge is 2.18. The summed E-state index contributed by atoms with van der Waals surface area (Å²) in [6, 6.07) is 1.70. The molecule has 0 spiro atoms. The van der Waals surface area contributed by atoms with E-state index in [9.17, 15) is 4.79 Å². The second-order valence-electron chi connectivity index (χ2n) is 6.53. The summed E-state index contributed by atoms with van der Waals surface area (Å²) in [6.45, 7) is 9.16. The molecule has 0 unspecified atom stereocenters. The minimum Gasteiger partial charge on any atom is -0.488 e. The fourth-order valence-electron chi connectivity index (χ4n) is 2.33. The van der Waals surface area contributed by atoms with Gasteiger partial charge in [-0.3, -0.25) is 10.2 Å². The number of carbonyl (C=O) groups is 1. The zero-order chi connectivity index (χ0) is 16.9. The second-order valence-corrected chi connectivity index (χ2v) is 7.34. The first kappa shape index (κ1) is 18.0. The molecule has 0 saturated carbocycles. The van der Waals surface area contributed by atoms with Crippen LogP contribution in [0.15, 0.2) is 16.9 Å². The van der Waals surface area contributed by atoms with Gasteiger partial charge >= 0.3 is 6.09 Å². The fraction of sp³-hybridized carbons (Fsp3) is 0.625. The molecule has 0 aromatic carbocycles. The van der Waals surface area contributed by atoms with E-state index in [0.29, 0.717) is 22.6 Å².